The molecule has 1 spiro atoms. The summed E-state index contributed by atoms with van der Waals surface area (Å²) in [5.41, 5.74) is -0.0255. The lowest BCUT2D eigenvalue weighted by molar-refractivity contribution is -0.138. The Morgan fingerprint density at radius 1 is 1.45 bits per heavy atom. The van der Waals surface area contributed by atoms with E-state index >= 15 is 0 Å². The van der Waals surface area contributed by atoms with Crippen LogP contribution in [0.1, 0.15) is 43.1 Å². The number of hydrogen-bond donors (Lipinski definition) is 1. The van der Waals surface area contributed by atoms with E-state index in [1.807, 2.05) is 6.07 Å². The molecule has 0 unspecified atom stereocenters. The van der Waals surface area contributed by atoms with Crippen LogP contribution in [0.4, 0.5) is 0 Å². The Labute approximate surface area is 116 Å². The number of aromatic nitrogens is 1. The highest BCUT2D eigenvalue weighted by molar-refractivity contribution is 6.18. The van der Waals surface area contributed by atoms with Crippen molar-refractivity contribution >= 4 is 11.9 Å². The number of aliphatic hydroxyl groups is 1. The van der Waals surface area contributed by atoms with Gasteiger partial charge in [0.2, 0.25) is 0 Å². The van der Waals surface area contributed by atoms with Crippen molar-refractivity contribution in [2.45, 2.75) is 38.0 Å². The minimum Gasteiger partial charge on any atom is -0.510 e. The van der Waals surface area contributed by atoms with E-state index in [4.69, 9.17) is 4.74 Å². The molecule has 1 saturated carbocycles. The minimum absolute atomic E-state index is 0.107. The minimum atomic E-state index is -0.736. The van der Waals surface area contributed by atoms with Crippen molar-refractivity contribution in [3.05, 3.63) is 35.4 Å². The number of rotatable bonds is 2. The smallest absolute Gasteiger partial charge is 0.347 e. The van der Waals surface area contributed by atoms with Gasteiger partial charge in [0.15, 0.2) is 5.57 Å². The molecule has 1 N–H and O–H groups in total. The van der Waals surface area contributed by atoms with Gasteiger partial charge in [0.05, 0.1) is 12.0 Å². The van der Waals surface area contributed by atoms with Gasteiger partial charge in [-0.25, -0.2) is 4.79 Å². The standard InChI is InChI=1S/C15H17NO4/c1-2-20-14(19)11-12(17)15(7-3-4-8-15)10-6-5-9-16(10)13(11)18/h5-6,9,17H,2-4,7-8H2,1H3. The topological polar surface area (TPSA) is 68.5 Å². The molecular weight excluding hydrogens is 258 g/mol. The highest BCUT2D eigenvalue weighted by Crippen LogP contribution is 2.49. The van der Waals surface area contributed by atoms with Crippen molar-refractivity contribution in [3.63, 3.8) is 0 Å². The predicted octanol–water partition coefficient (Wildman–Crippen LogP) is 2.33. The highest BCUT2D eigenvalue weighted by Gasteiger charge is 2.49. The summed E-state index contributed by atoms with van der Waals surface area (Å²) < 4.78 is 6.40. The van der Waals surface area contributed by atoms with Gasteiger partial charge in [-0.2, -0.15) is 0 Å². The summed E-state index contributed by atoms with van der Waals surface area (Å²) >= 11 is 0. The first kappa shape index (κ1) is 13.0. The molecule has 1 aromatic rings. The second-order valence-corrected chi connectivity index (χ2v) is 5.30. The molecule has 0 amide bonds. The van der Waals surface area contributed by atoms with Gasteiger partial charge >= 0.3 is 5.97 Å². The Balaban J connectivity index is 2.18. The zero-order chi connectivity index (χ0) is 14.3. The maximum atomic E-state index is 12.4. The quantitative estimate of drug-likeness (QED) is 0.664. The molecule has 0 bridgehead atoms. The number of allylic oxidation sites excluding steroid dienone is 1. The molecule has 1 aromatic heterocycles. The van der Waals surface area contributed by atoms with E-state index in [2.05, 4.69) is 0 Å². The average molecular weight is 275 g/mol. The summed E-state index contributed by atoms with van der Waals surface area (Å²) in [6.07, 6.45) is 5.08. The van der Waals surface area contributed by atoms with Crippen LogP contribution >= 0.6 is 0 Å². The van der Waals surface area contributed by atoms with Crippen LogP contribution in [0.2, 0.25) is 0 Å². The lowest BCUT2D eigenvalue weighted by Gasteiger charge is -2.34. The maximum Gasteiger partial charge on any atom is 0.347 e. The SMILES string of the molecule is CCOC(=O)C1=C(O)C2(CCCC2)c2cccn2C1=O. The van der Waals surface area contributed by atoms with E-state index in [0.29, 0.717) is 0 Å². The number of carbonyl (C=O) groups excluding carboxylic acids is 2. The molecular formula is C15H17NO4. The third-order valence-electron chi connectivity index (χ3n) is 4.30. The largest absolute Gasteiger partial charge is 0.510 e. The monoisotopic (exact) mass is 275 g/mol. The van der Waals surface area contributed by atoms with Gasteiger partial charge in [0, 0.05) is 11.9 Å². The molecule has 0 atom stereocenters. The Morgan fingerprint density at radius 2 is 2.15 bits per heavy atom. The molecule has 1 fully saturated rings. The molecule has 2 heterocycles. The predicted molar refractivity (Wildman–Crippen MR) is 71.5 cm³/mol. The van der Waals surface area contributed by atoms with E-state index < -0.39 is 17.3 Å². The van der Waals surface area contributed by atoms with Crippen LogP contribution < -0.4 is 0 Å². The van der Waals surface area contributed by atoms with Crippen molar-refractivity contribution in [1.29, 1.82) is 0 Å². The lowest BCUT2D eigenvalue weighted by atomic mass is 9.76. The summed E-state index contributed by atoms with van der Waals surface area (Å²) in [4.78, 5) is 24.4. The number of ether oxygens (including phenoxy) is 1. The van der Waals surface area contributed by atoms with Crippen molar-refractivity contribution in [2.75, 3.05) is 6.61 Å². The fourth-order valence-corrected chi connectivity index (χ4v) is 3.39. The first-order chi connectivity index (χ1) is 9.62. The van der Waals surface area contributed by atoms with Crippen LogP contribution in [0, 0.1) is 0 Å². The molecule has 3 rings (SSSR count). The molecule has 0 radical (unpaired) electrons. The second-order valence-electron chi connectivity index (χ2n) is 5.30. The normalized spacial score (nSPS) is 20.4. The second kappa shape index (κ2) is 4.51. The van der Waals surface area contributed by atoms with E-state index in [9.17, 15) is 14.7 Å². The van der Waals surface area contributed by atoms with Crippen LogP contribution in [0.15, 0.2) is 29.7 Å². The fraction of sp³-hybridized carbons (Fsp3) is 0.467. The first-order valence-corrected chi connectivity index (χ1v) is 6.95. The molecule has 1 aliphatic heterocycles. The third-order valence-corrected chi connectivity index (χ3v) is 4.30. The van der Waals surface area contributed by atoms with Gasteiger partial charge in [-0.3, -0.25) is 9.36 Å². The molecule has 5 nitrogen and oxygen atoms in total. The third kappa shape index (κ3) is 1.55. The zero-order valence-electron chi connectivity index (χ0n) is 11.4. The number of hydrogen-bond acceptors (Lipinski definition) is 4. The summed E-state index contributed by atoms with van der Waals surface area (Å²) in [5, 5.41) is 10.6. The Kier molecular flexibility index (Phi) is 2.92. The summed E-state index contributed by atoms with van der Waals surface area (Å²) in [7, 11) is 0. The average Bonchev–Trinajstić information content (AvgIpc) is 3.07. The maximum absolute atomic E-state index is 12.4. The molecule has 106 valence electrons. The number of esters is 1. The summed E-state index contributed by atoms with van der Waals surface area (Å²) in [6, 6.07) is 3.62. The molecule has 0 aromatic carbocycles. The molecule has 5 heteroatoms. The lowest BCUT2D eigenvalue weighted by Crippen LogP contribution is -2.40. The van der Waals surface area contributed by atoms with Crippen molar-refractivity contribution in [2.24, 2.45) is 0 Å². The first-order valence-electron chi connectivity index (χ1n) is 6.95. The van der Waals surface area contributed by atoms with Gasteiger partial charge in [-0.1, -0.05) is 12.8 Å². The fourth-order valence-electron chi connectivity index (χ4n) is 3.39. The Hall–Kier alpha value is -2.04. The van der Waals surface area contributed by atoms with Crippen molar-refractivity contribution in [1.82, 2.24) is 4.57 Å². The van der Waals surface area contributed by atoms with Crippen LogP contribution in [0.5, 0.6) is 0 Å². The van der Waals surface area contributed by atoms with E-state index in [-0.39, 0.29) is 17.9 Å². The number of aliphatic hydroxyl groups excluding tert-OH is 1. The number of fused-ring (bicyclic) bond motifs is 2. The van der Waals surface area contributed by atoms with Crippen molar-refractivity contribution in [3.8, 4) is 0 Å². The van der Waals surface area contributed by atoms with Gasteiger partial charge in [-0.15, -0.1) is 0 Å². The Morgan fingerprint density at radius 3 is 2.80 bits per heavy atom. The summed E-state index contributed by atoms with van der Waals surface area (Å²) in [5.74, 6) is -1.34. The van der Waals surface area contributed by atoms with Gasteiger partial charge in [-0.05, 0) is 31.9 Å². The van der Waals surface area contributed by atoms with E-state index in [1.54, 1.807) is 19.2 Å². The molecule has 0 saturated heterocycles. The van der Waals surface area contributed by atoms with Gasteiger partial charge in [0.25, 0.3) is 5.91 Å². The van der Waals surface area contributed by atoms with Crippen molar-refractivity contribution < 1.29 is 19.4 Å². The summed E-state index contributed by atoms with van der Waals surface area (Å²) in [6.45, 7) is 1.85. The number of nitrogens with zero attached hydrogens (tertiary/aromatic N) is 1. The Bertz CT molecular complexity index is 605. The van der Waals surface area contributed by atoms with E-state index in [0.717, 1.165) is 31.4 Å². The van der Waals surface area contributed by atoms with Crippen LogP contribution in [-0.2, 0) is 14.9 Å². The molecule has 2 aliphatic rings. The zero-order valence-corrected chi connectivity index (χ0v) is 11.4. The van der Waals surface area contributed by atoms with Crippen LogP contribution in [0.3, 0.4) is 0 Å². The van der Waals surface area contributed by atoms with Crippen LogP contribution in [0.25, 0.3) is 0 Å². The van der Waals surface area contributed by atoms with Gasteiger partial charge < -0.3 is 9.84 Å². The van der Waals surface area contributed by atoms with E-state index in [1.165, 1.54) is 4.57 Å². The highest BCUT2D eigenvalue weighted by atomic mass is 16.5. The number of carbonyl (C=O) groups is 2. The van der Waals surface area contributed by atoms with Crippen LogP contribution in [-0.4, -0.2) is 28.2 Å². The molecule has 1 aliphatic carbocycles. The molecule has 20 heavy (non-hydrogen) atoms. The van der Waals surface area contributed by atoms with Gasteiger partial charge in [0.1, 0.15) is 5.76 Å².